The molecule has 7 heteroatoms. The summed E-state index contributed by atoms with van der Waals surface area (Å²) in [5.41, 5.74) is 0.418. The Morgan fingerprint density at radius 1 is 1.04 bits per heavy atom. The lowest BCUT2D eigenvalue weighted by Gasteiger charge is -2.29. The number of amides is 1. The van der Waals surface area contributed by atoms with Crippen molar-refractivity contribution in [2.75, 3.05) is 13.1 Å². The predicted molar refractivity (Wildman–Crippen MR) is 106 cm³/mol. The zero-order chi connectivity index (χ0) is 19.4. The van der Waals surface area contributed by atoms with Gasteiger partial charge in [0.25, 0.3) is 5.91 Å². The van der Waals surface area contributed by atoms with Crippen molar-refractivity contribution in [1.29, 1.82) is 0 Å². The van der Waals surface area contributed by atoms with E-state index in [0.717, 1.165) is 38.5 Å². The fourth-order valence-corrected chi connectivity index (χ4v) is 5.68. The number of sulfonamides is 1. The Balaban J connectivity index is 1.70. The average Bonchev–Trinajstić information content (AvgIpc) is 3.00. The van der Waals surface area contributed by atoms with Crippen molar-refractivity contribution in [3.63, 3.8) is 0 Å². The summed E-state index contributed by atoms with van der Waals surface area (Å²) in [6, 6.07) is 1.72. The van der Waals surface area contributed by atoms with E-state index >= 15 is 0 Å². The molecule has 1 aromatic heterocycles. The van der Waals surface area contributed by atoms with Crippen molar-refractivity contribution in [3.05, 3.63) is 18.0 Å². The second-order valence-corrected chi connectivity index (χ2v) is 10.2. The first kappa shape index (κ1) is 20.4. The maximum atomic E-state index is 12.9. The highest BCUT2D eigenvalue weighted by atomic mass is 32.2. The molecule has 152 valence electrons. The highest BCUT2D eigenvalue weighted by Gasteiger charge is 2.30. The third kappa shape index (κ3) is 4.93. The van der Waals surface area contributed by atoms with E-state index in [-0.39, 0.29) is 16.8 Å². The van der Waals surface area contributed by atoms with Crippen molar-refractivity contribution < 1.29 is 13.2 Å². The van der Waals surface area contributed by atoms with E-state index in [4.69, 9.17) is 0 Å². The molecule has 0 spiro atoms. The molecule has 0 atom stereocenters. The third-order valence-electron chi connectivity index (χ3n) is 6.03. The van der Waals surface area contributed by atoms with Crippen LogP contribution in [0, 0.1) is 5.92 Å². The second-order valence-electron chi connectivity index (χ2n) is 8.27. The van der Waals surface area contributed by atoms with Gasteiger partial charge in [-0.05, 0) is 37.7 Å². The molecule has 0 bridgehead atoms. The molecule has 1 N–H and O–H groups in total. The molecule has 1 aliphatic carbocycles. The first-order valence-corrected chi connectivity index (χ1v) is 11.8. The molecule has 0 radical (unpaired) electrons. The van der Waals surface area contributed by atoms with Gasteiger partial charge in [-0.3, -0.25) is 4.79 Å². The molecular formula is C20H33N3O3S. The number of rotatable bonds is 4. The number of piperidine rings is 1. The van der Waals surface area contributed by atoms with Crippen LogP contribution in [0.25, 0.3) is 0 Å². The molecule has 2 fully saturated rings. The van der Waals surface area contributed by atoms with Gasteiger partial charge in [0.05, 0.1) is 0 Å². The lowest BCUT2D eigenvalue weighted by atomic mass is 9.96. The fourth-order valence-electron chi connectivity index (χ4n) is 4.14. The van der Waals surface area contributed by atoms with Crippen LogP contribution in [-0.4, -0.2) is 42.3 Å². The summed E-state index contributed by atoms with van der Waals surface area (Å²) < 4.78 is 29.1. The number of hydrogen-bond donors (Lipinski definition) is 1. The molecule has 6 nitrogen and oxygen atoms in total. The molecule has 1 aromatic rings. The van der Waals surface area contributed by atoms with Gasteiger partial charge in [0, 0.05) is 32.4 Å². The van der Waals surface area contributed by atoms with E-state index < -0.39 is 10.0 Å². The monoisotopic (exact) mass is 395 g/mol. The number of aryl methyl sites for hydroxylation is 1. The van der Waals surface area contributed by atoms with Gasteiger partial charge in [-0.15, -0.1) is 0 Å². The Morgan fingerprint density at radius 3 is 2.26 bits per heavy atom. The van der Waals surface area contributed by atoms with E-state index in [2.05, 4.69) is 12.2 Å². The van der Waals surface area contributed by atoms with Gasteiger partial charge in [-0.25, -0.2) is 8.42 Å². The molecule has 1 saturated heterocycles. The number of nitrogens with zero attached hydrogens (tertiary/aromatic N) is 2. The first-order valence-electron chi connectivity index (χ1n) is 10.4. The Morgan fingerprint density at radius 2 is 1.63 bits per heavy atom. The minimum absolute atomic E-state index is 0.170. The van der Waals surface area contributed by atoms with Crippen LogP contribution in [0.3, 0.4) is 0 Å². The van der Waals surface area contributed by atoms with Crippen LogP contribution in [0.2, 0.25) is 0 Å². The molecule has 0 aromatic carbocycles. The smallest absolute Gasteiger partial charge is 0.268 e. The standard InChI is InChI=1S/C20H33N3O3S/c1-16-10-12-23(13-11-16)27(25,26)18-14-19(22(2)15-18)20(24)21-17-8-6-4-3-5-7-9-17/h14-17H,3-13H2,1-2H3,(H,21,24). The molecule has 1 amide bonds. The lowest BCUT2D eigenvalue weighted by molar-refractivity contribution is 0.0922. The average molecular weight is 396 g/mol. The van der Waals surface area contributed by atoms with Crippen LogP contribution >= 0.6 is 0 Å². The quantitative estimate of drug-likeness (QED) is 0.850. The largest absolute Gasteiger partial charge is 0.348 e. The topological polar surface area (TPSA) is 71.4 Å². The Bertz CT molecular complexity index is 741. The molecule has 2 heterocycles. The molecule has 2 aliphatic rings. The second kappa shape index (κ2) is 8.78. The summed E-state index contributed by atoms with van der Waals surface area (Å²) in [4.78, 5) is 13.0. The van der Waals surface area contributed by atoms with E-state index in [1.54, 1.807) is 22.1 Å². The third-order valence-corrected chi connectivity index (χ3v) is 7.90. The van der Waals surface area contributed by atoms with E-state index in [9.17, 15) is 13.2 Å². The highest BCUT2D eigenvalue weighted by molar-refractivity contribution is 7.89. The van der Waals surface area contributed by atoms with Crippen LogP contribution in [0.5, 0.6) is 0 Å². The number of carbonyl (C=O) groups excluding carboxylic acids is 1. The summed E-state index contributed by atoms with van der Waals surface area (Å²) >= 11 is 0. The summed E-state index contributed by atoms with van der Waals surface area (Å²) in [5, 5.41) is 3.13. The molecule has 3 rings (SSSR count). The number of carbonyl (C=O) groups is 1. The van der Waals surface area contributed by atoms with Gasteiger partial charge in [0.1, 0.15) is 10.6 Å². The van der Waals surface area contributed by atoms with Gasteiger partial charge in [-0.2, -0.15) is 4.31 Å². The normalized spacial score (nSPS) is 21.6. The highest BCUT2D eigenvalue weighted by Crippen LogP contribution is 2.25. The fraction of sp³-hybridized carbons (Fsp3) is 0.750. The van der Waals surface area contributed by atoms with Crippen molar-refractivity contribution >= 4 is 15.9 Å². The molecule has 1 saturated carbocycles. The van der Waals surface area contributed by atoms with Crippen molar-refractivity contribution in [2.24, 2.45) is 13.0 Å². The van der Waals surface area contributed by atoms with E-state index in [1.165, 1.54) is 25.3 Å². The summed E-state index contributed by atoms with van der Waals surface area (Å²) in [6.45, 7) is 3.27. The SMILES string of the molecule is CC1CCN(S(=O)(=O)c2cc(C(=O)NC3CCCCCCC3)n(C)c2)CC1. The summed E-state index contributed by atoms with van der Waals surface area (Å²) in [5.74, 6) is 0.397. The number of nitrogens with one attached hydrogen (secondary N) is 1. The van der Waals surface area contributed by atoms with Crippen molar-refractivity contribution in [2.45, 2.75) is 75.6 Å². The van der Waals surface area contributed by atoms with Crippen LogP contribution in [0.1, 0.15) is 75.2 Å². The van der Waals surface area contributed by atoms with E-state index in [0.29, 0.717) is 24.7 Å². The molecular weight excluding hydrogens is 362 g/mol. The zero-order valence-corrected chi connectivity index (χ0v) is 17.4. The predicted octanol–water partition coefficient (Wildman–Crippen LogP) is 3.29. The van der Waals surface area contributed by atoms with Crippen LogP contribution in [-0.2, 0) is 17.1 Å². The van der Waals surface area contributed by atoms with E-state index in [1.807, 2.05) is 0 Å². The van der Waals surface area contributed by atoms with Crippen molar-refractivity contribution in [1.82, 2.24) is 14.2 Å². The van der Waals surface area contributed by atoms with Gasteiger partial charge >= 0.3 is 0 Å². The zero-order valence-electron chi connectivity index (χ0n) is 16.6. The van der Waals surface area contributed by atoms with Crippen molar-refractivity contribution in [3.8, 4) is 0 Å². The van der Waals surface area contributed by atoms with Crippen LogP contribution in [0.15, 0.2) is 17.2 Å². The number of hydrogen-bond acceptors (Lipinski definition) is 3. The van der Waals surface area contributed by atoms with Gasteiger partial charge < -0.3 is 9.88 Å². The Hall–Kier alpha value is -1.34. The molecule has 1 aliphatic heterocycles. The minimum Gasteiger partial charge on any atom is -0.348 e. The number of aromatic nitrogens is 1. The molecule has 0 unspecified atom stereocenters. The minimum atomic E-state index is -3.53. The summed E-state index contributed by atoms with van der Waals surface area (Å²) in [7, 11) is -1.79. The van der Waals surface area contributed by atoms with Crippen LogP contribution in [0.4, 0.5) is 0 Å². The first-order chi connectivity index (χ1) is 12.9. The Labute approximate surface area is 163 Å². The summed E-state index contributed by atoms with van der Waals surface area (Å²) in [6.07, 6.45) is 11.4. The van der Waals surface area contributed by atoms with Crippen LogP contribution < -0.4 is 5.32 Å². The maximum Gasteiger partial charge on any atom is 0.268 e. The maximum absolute atomic E-state index is 12.9. The van der Waals surface area contributed by atoms with Gasteiger partial charge in [0.2, 0.25) is 10.0 Å². The van der Waals surface area contributed by atoms with Gasteiger partial charge in [-0.1, -0.05) is 39.0 Å². The molecule has 27 heavy (non-hydrogen) atoms. The van der Waals surface area contributed by atoms with Gasteiger partial charge in [0.15, 0.2) is 0 Å². The Kier molecular flexibility index (Phi) is 6.63. The lowest BCUT2D eigenvalue weighted by Crippen LogP contribution is -2.37.